The Morgan fingerprint density at radius 3 is 2.57 bits per heavy atom. The van der Waals surface area contributed by atoms with Crippen molar-refractivity contribution in [1.29, 1.82) is 0 Å². The van der Waals surface area contributed by atoms with E-state index >= 15 is 0 Å². The maximum absolute atomic E-state index is 10.3. The minimum Gasteiger partial charge on any atom is -0.359 e. The minimum atomic E-state index is 0.0648. The van der Waals surface area contributed by atoms with Gasteiger partial charge in [0.1, 0.15) is 0 Å². The highest BCUT2D eigenvalue weighted by Crippen LogP contribution is 1.67. The lowest BCUT2D eigenvalue weighted by Crippen LogP contribution is -2.51. The molecule has 0 fully saturated rings. The summed E-state index contributed by atoms with van der Waals surface area (Å²) in [7, 11) is 1.62. The average Bonchev–Trinajstić information content (AvgIpc) is 1.68. The van der Waals surface area contributed by atoms with Crippen molar-refractivity contribution in [2.24, 2.45) is 0 Å². The third-order valence-electron chi connectivity index (χ3n) is 0.683. The second-order valence-electron chi connectivity index (χ2n) is 1.28. The van der Waals surface area contributed by atoms with Gasteiger partial charge in [-0.05, 0) is 0 Å². The first kappa shape index (κ1) is 6.43. The Hall–Kier alpha value is -0.570. The van der Waals surface area contributed by atoms with Crippen LogP contribution in [0.25, 0.3) is 0 Å². The average molecular weight is 103 g/mol. The van der Waals surface area contributed by atoms with Crippen LogP contribution in [0.3, 0.4) is 0 Å². The predicted octanol–water partition coefficient (Wildman–Crippen LogP) is -1.64. The number of quaternary nitrogens is 1. The first-order valence-corrected chi connectivity index (χ1v) is 2.31. The SMILES string of the molecule is CNC(=O)CC[NH3+]. The van der Waals surface area contributed by atoms with Crippen LogP contribution in [-0.2, 0) is 4.79 Å². The van der Waals surface area contributed by atoms with E-state index in [4.69, 9.17) is 0 Å². The van der Waals surface area contributed by atoms with Crippen molar-refractivity contribution in [3.05, 3.63) is 0 Å². The van der Waals surface area contributed by atoms with E-state index in [1.165, 1.54) is 0 Å². The number of nitrogens with one attached hydrogen (secondary N) is 1. The van der Waals surface area contributed by atoms with Crippen LogP contribution in [0.5, 0.6) is 0 Å². The molecule has 0 heterocycles. The molecule has 0 aliphatic rings. The molecule has 0 aliphatic heterocycles. The molecule has 0 spiro atoms. The molecule has 0 atom stereocenters. The van der Waals surface area contributed by atoms with Crippen LogP contribution >= 0.6 is 0 Å². The van der Waals surface area contributed by atoms with Crippen LogP contribution in [0.15, 0.2) is 0 Å². The summed E-state index contributed by atoms with van der Waals surface area (Å²) in [5.74, 6) is 0.0648. The Bertz CT molecular complexity index is 62.7. The fourth-order valence-corrected chi connectivity index (χ4v) is 0.286. The molecule has 0 aromatic carbocycles. The van der Waals surface area contributed by atoms with Crippen LogP contribution in [-0.4, -0.2) is 19.5 Å². The first-order chi connectivity index (χ1) is 3.31. The van der Waals surface area contributed by atoms with Gasteiger partial charge in [0.05, 0.1) is 13.0 Å². The van der Waals surface area contributed by atoms with Crippen LogP contribution in [0.2, 0.25) is 0 Å². The Balaban J connectivity index is 3.00. The van der Waals surface area contributed by atoms with Crippen molar-refractivity contribution in [2.75, 3.05) is 13.6 Å². The molecule has 0 saturated carbocycles. The van der Waals surface area contributed by atoms with Crippen molar-refractivity contribution >= 4 is 5.91 Å². The molecule has 0 unspecified atom stereocenters. The zero-order valence-electron chi connectivity index (χ0n) is 4.53. The molecule has 3 nitrogen and oxygen atoms in total. The molecule has 3 heteroatoms. The summed E-state index contributed by atoms with van der Waals surface area (Å²) in [6.45, 7) is 0.680. The molecule has 4 N–H and O–H groups in total. The van der Waals surface area contributed by atoms with Gasteiger partial charge in [0.25, 0.3) is 0 Å². The van der Waals surface area contributed by atoms with E-state index in [2.05, 4.69) is 11.1 Å². The summed E-state index contributed by atoms with van der Waals surface area (Å²) < 4.78 is 0. The van der Waals surface area contributed by atoms with Gasteiger partial charge in [-0.25, -0.2) is 0 Å². The Kier molecular flexibility index (Phi) is 3.32. The number of carbonyl (C=O) groups excluding carboxylic acids is 1. The summed E-state index contributed by atoms with van der Waals surface area (Å²) in [6.07, 6.45) is 0.538. The summed E-state index contributed by atoms with van der Waals surface area (Å²) in [5.41, 5.74) is 3.51. The van der Waals surface area contributed by atoms with Gasteiger partial charge in [0.2, 0.25) is 5.91 Å². The fraction of sp³-hybridized carbons (Fsp3) is 0.750. The van der Waals surface area contributed by atoms with Crippen LogP contribution in [0, 0.1) is 0 Å². The molecule has 1 amide bonds. The van der Waals surface area contributed by atoms with E-state index in [9.17, 15) is 4.79 Å². The van der Waals surface area contributed by atoms with Crippen molar-refractivity contribution in [2.45, 2.75) is 6.42 Å². The zero-order chi connectivity index (χ0) is 5.70. The van der Waals surface area contributed by atoms with E-state index < -0.39 is 0 Å². The number of hydrogen-bond donors (Lipinski definition) is 2. The van der Waals surface area contributed by atoms with Crippen molar-refractivity contribution in [1.82, 2.24) is 5.32 Å². The van der Waals surface area contributed by atoms with Crippen LogP contribution in [0.1, 0.15) is 6.42 Å². The van der Waals surface area contributed by atoms with Crippen molar-refractivity contribution in [3.63, 3.8) is 0 Å². The molecule has 0 aromatic rings. The third-order valence-corrected chi connectivity index (χ3v) is 0.683. The highest BCUT2D eigenvalue weighted by atomic mass is 16.1. The number of carbonyl (C=O) groups is 1. The van der Waals surface area contributed by atoms with E-state index in [-0.39, 0.29) is 5.91 Å². The second kappa shape index (κ2) is 3.61. The van der Waals surface area contributed by atoms with Gasteiger partial charge in [-0.1, -0.05) is 0 Å². The maximum atomic E-state index is 10.3. The lowest BCUT2D eigenvalue weighted by Gasteiger charge is -1.89. The summed E-state index contributed by atoms with van der Waals surface area (Å²) in [5, 5.41) is 2.49. The van der Waals surface area contributed by atoms with Gasteiger partial charge in [-0.3, -0.25) is 4.79 Å². The molecular formula is C4H11N2O+. The van der Waals surface area contributed by atoms with Gasteiger partial charge in [-0.2, -0.15) is 0 Å². The number of rotatable bonds is 2. The van der Waals surface area contributed by atoms with Gasteiger partial charge in [-0.15, -0.1) is 0 Å². The number of amides is 1. The van der Waals surface area contributed by atoms with Crippen LogP contribution < -0.4 is 11.1 Å². The largest absolute Gasteiger partial charge is 0.359 e. The van der Waals surface area contributed by atoms with Gasteiger partial charge in [0.15, 0.2) is 0 Å². The van der Waals surface area contributed by atoms with Gasteiger partial charge >= 0.3 is 0 Å². The molecule has 42 valence electrons. The van der Waals surface area contributed by atoms with Gasteiger partial charge < -0.3 is 11.1 Å². The first-order valence-electron chi connectivity index (χ1n) is 2.31. The monoisotopic (exact) mass is 103 g/mol. The molecule has 0 saturated heterocycles. The highest BCUT2D eigenvalue weighted by molar-refractivity contribution is 5.75. The Morgan fingerprint density at radius 1 is 1.86 bits per heavy atom. The lowest BCUT2D eigenvalue weighted by atomic mass is 10.4. The zero-order valence-corrected chi connectivity index (χ0v) is 4.53. The Labute approximate surface area is 42.9 Å². The third kappa shape index (κ3) is 3.26. The van der Waals surface area contributed by atoms with E-state index in [0.717, 1.165) is 0 Å². The standard InChI is InChI=1S/C4H10N2O/c1-6-4(7)2-3-5/h2-3,5H2,1H3,(H,6,7)/p+1. The van der Waals surface area contributed by atoms with Gasteiger partial charge in [0, 0.05) is 7.05 Å². The summed E-state index contributed by atoms with van der Waals surface area (Å²) in [6, 6.07) is 0. The molecule has 0 rings (SSSR count). The Morgan fingerprint density at radius 2 is 2.43 bits per heavy atom. The summed E-state index contributed by atoms with van der Waals surface area (Å²) in [4.78, 5) is 10.3. The van der Waals surface area contributed by atoms with E-state index in [1.54, 1.807) is 7.05 Å². The molecule has 0 aromatic heterocycles. The number of hydrogen-bond acceptors (Lipinski definition) is 1. The molecule has 7 heavy (non-hydrogen) atoms. The second-order valence-corrected chi connectivity index (χ2v) is 1.28. The van der Waals surface area contributed by atoms with Crippen molar-refractivity contribution < 1.29 is 10.5 Å². The highest BCUT2D eigenvalue weighted by Gasteiger charge is 1.92. The lowest BCUT2D eigenvalue weighted by molar-refractivity contribution is -0.366. The summed E-state index contributed by atoms with van der Waals surface area (Å²) >= 11 is 0. The predicted molar refractivity (Wildman–Crippen MR) is 26.4 cm³/mol. The van der Waals surface area contributed by atoms with Crippen molar-refractivity contribution in [3.8, 4) is 0 Å². The molecule has 0 radical (unpaired) electrons. The molecule has 0 bridgehead atoms. The topological polar surface area (TPSA) is 56.7 Å². The normalized spacial score (nSPS) is 8.29. The molecule has 0 aliphatic carbocycles. The maximum Gasteiger partial charge on any atom is 0.225 e. The van der Waals surface area contributed by atoms with E-state index in [1.807, 2.05) is 0 Å². The smallest absolute Gasteiger partial charge is 0.225 e. The van der Waals surface area contributed by atoms with E-state index in [0.29, 0.717) is 13.0 Å². The van der Waals surface area contributed by atoms with Crippen LogP contribution in [0.4, 0.5) is 0 Å². The fourth-order valence-electron chi connectivity index (χ4n) is 0.286. The molecular weight excluding hydrogens is 92.1 g/mol. The quantitative estimate of drug-likeness (QED) is 0.433. The minimum absolute atomic E-state index is 0.0648.